The number of sulfone groups is 1. The highest BCUT2D eigenvalue weighted by atomic mass is 35.5. The summed E-state index contributed by atoms with van der Waals surface area (Å²) in [6.07, 6.45) is 0. The van der Waals surface area contributed by atoms with E-state index in [-0.39, 0.29) is 41.2 Å². The largest absolute Gasteiger partial charge is 0.479 e. The lowest BCUT2D eigenvalue weighted by atomic mass is 10.1. The van der Waals surface area contributed by atoms with E-state index in [4.69, 9.17) is 37.7 Å². The lowest BCUT2D eigenvalue weighted by molar-refractivity contribution is -0.140. The Bertz CT molecular complexity index is 1390. The van der Waals surface area contributed by atoms with Gasteiger partial charge in [0.05, 0.1) is 12.4 Å². The summed E-state index contributed by atoms with van der Waals surface area (Å²) < 4.78 is 43.4. The molecular weight excluding hydrogens is 590 g/mol. The van der Waals surface area contributed by atoms with Crippen LogP contribution in [0.15, 0.2) is 71.9 Å². The maximum absolute atomic E-state index is 12.8. The molecule has 2 aromatic rings. The van der Waals surface area contributed by atoms with Gasteiger partial charge in [0, 0.05) is 12.5 Å². The molecule has 214 valence electrons. The third kappa shape index (κ3) is 5.62. The molecule has 0 bridgehead atoms. The molecule has 4 rings (SSSR count). The predicted molar refractivity (Wildman–Crippen MR) is 160 cm³/mol. The van der Waals surface area contributed by atoms with Crippen LogP contribution in [-0.2, 0) is 33.3 Å². The van der Waals surface area contributed by atoms with E-state index >= 15 is 0 Å². The standard InChI is InChI=1S/C28H32ClNO7S2Si/c1-19(31)36-17-20-18-39(33,34)26-23(29)25(32)30(26)24(20)27(38)35-15-16-37-40(28(2,3)4,21-11-7-5-8-12-21)22-13-9-6-10-14-22/h5-14,23,26H,15-18H2,1-4H3/t23-,26?/m1/s1. The number of amides is 1. The lowest BCUT2D eigenvalue weighted by Crippen LogP contribution is -2.68. The van der Waals surface area contributed by atoms with E-state index in [1.807, 2.05) is 36.4 Å². The van der Waals surface area contributed by atoms with Crippen molar-refractivity contribution >= 4 is 69.3 Å². The number of alkyl halides is 1. The summed E-state index contributed by atoms with van der Waals surface area (Å²) in [4.78, 5) is 25.1. The number of β-lactam (4-membered cyclic amide) rings is 1. The summed E-state index contributed by atoms with van der Waals surface area (Å²) in [6, 6.07) is 20.3. The number of rotatable bonds is 9. The van der Waals surface area contributed by atoms with Gasteiger partial charge in [0.25, 0.3) is 8.32 Å². The summed E-state index contributed by atoms with van der Waals surface area (Å²) in [5.74, 6) is -1.64. The zero-order valence-electron chi connectivity index (χ0n) is 22.8. The fourth-order valence-corrected chi connectivity index (χ4v) is 12.7. The number of carbonyl (C=O) groups is 2. The Labute approximate surface area is 246 Å². The summed E-state index contributed by atoms with van der Waals surface area (Å²) >= 11 is 11.6. The van der Waals surface area contributed by atoms with Gasteiger partial charge in [-0.2, -0.15) is 0 Å². The zero-order valence-corrected chi connectivity index (χ0v) is 26.1. The van der Waals surface area contributed by atoms with Crippen LogP contribution >= 0.6 is 23.8 Å². The molecule has 0 N–H and O–H groups in total. The topological polar surface area (TPSA) is 99.2 Å². The Hall–Kier alpha value is -2.57. The van der Waals surface area contributed by atoms with Crippen molar-refractivity contribution < 1.29 is 31.9 Å². The maximum atomic E-state index is 12.8. The third-order valence-electron chi connectivity index (χ3n) is 6.99. The van der Waals surface area contributed by atoms with Crippen LogP contribution in [0, 0.1) is 0 Å². The summed E-state index contributed by atoms with van der Waals surface area (Å²) in [5, 5.41) is -0.542. The SMILES string of the molecule is CC(=O)OCC1=C(C(=S)OCCO[Si](c2ccccc2)(c2ccccc2)C(C)(C)C)N2C(=O)[C@@H](Cl)C2S(=O)(=O)C1. The molecule has 1 saturated heterocycles. The van der Waals surface area contributed by atoms with E-state index < -0.39 is 46.5 Å². The molecule has 8 nitrogen and oxygen atoms in total. The van der Waals surface area contributed by atoms with Gasteiger partial charge < -0.3 is 13.9 Å². The smallest absolute Gasteiger partial charge is 0.302 e. The van der Waals surface area contributed by atoms with Crippen molar-refractivity contribution in [1.82, 2.24) is 4.90 Å². The van der Waals surface area contributed by atoms with Crippen molar-refractivity contribution in [2.24, 2.45) is 0 Å². The van der Waals surface area contributed by atoms with Gasteiger partial charge in [-0.1, -0.05) is 81.4 Å². The summed E-state index contributed by atoms with van der Waals surface area (Å²) in [5.41, 5.74) is 0.282. The second kappa shape index (κ2) is 11.7. The highest BCUT2D eigenvalue weighted by molar-refractivity contribution is 7.92. The first-order chi connectivity index (χ1) is 18.8. The van der Waals surface area contributed by atoms with Crippen LogP contribution in [0.2, 0.25) is 5.04 Å². The molecule has 2 heterocycles. The van der Waals surface area contributed by atoms with Gasteiger partial charge in [-0.25, -0.2) is 8.42 Å². The minimum Gasteiger partial charge on any atom is -0.479 e. The van der Waals surface area contributed by atoms with E-state index in [9.17, 15) is 18.0 Å². The molecule has 1 amide bonds. The Kier molecular flexibility index (Phi) is 8.91. The molecule has 2 aliphatic heterocycles. The van der Waals surface area contributed by atoms with Crippen LogP contribution in [-0.4, -0.2) is 74.9 Å². The number of thiocarbonyl (C=S) groups is 1. The number of ether oxygens (including phenoxy) is 2. The molecule has 0 spiro atoms. The minimum atomic E-state index is -3.80. The fourth-order valence-electron chi connectivity index (χ4n) is 5.28. The molecule has 0 aromatic heterocycles. The predicted octanol–water partition coefficient (Wildman–Crippen LogP) is 2.93. The van der Waals surface area contributed by atoms with Crippen LogP contribution in [0.25, 0.3) is 0 Å². The molecule has 40 heavy (non-hydrogen) atoms. The Balaban J connectivity index is 1.59. The van der Waals surface area contributed by atoms with Gasteiger partial charge >= 0.3 is 5.97 Å². The van der Waals surface area contributed by atoms with Gasteiger partial charge in [-0.05, 0) is 27.6 Å². The number of nitrogens with zero attached hydrogens (tertiary/aromatic N) is 1. The van der Waals surface area contributed by atoms with Crippen molar-refractivity contribution in [3.8, 4) is 0 Å². The quantitative estimate of drug-likeness (QED) is 0.105. The monoisotopic (exact) mass is 621 g/mol. The van der Waals surface area contributed by atoms with Crippen LogP contribution in [0.3, 0.4) is 0 Å². The molecular formula is C28H32ClNO7S2Si. The molecule has 2 atom stereocenters. The van der Waals surface area contributed by atoms with Crippen molar-refractivity contribution in [2.45, 2.75) is 43.5 Å². The van der Waals surface area contributed by atoms with E-state index in [0.717, 1.165) is 15.3 Å². The minimum absolute atomic E-state index is 0.0530. The molecule has 0 saturated carbocycles. The van der Waals surface area contributed by atoms with Gasteiger partial charge in [-0.3, -0.25) is 14.5 Å². The number of esters is 1. The first kappa shape index (κ1) is 30.4. The average Bonchev–Trinajstić information content (AvgIpc) is 2.90. The molecule has 2 aromatic carbocycles. The molecule has 2 aliphatic rings. The highest BCUT2D eigenvalue weighted by Gasteiger charge is 2.59. The van der Waals surface area contributed by atoms with Gasteiger partial charge in [0.15, 0.2) is 15.2 Å². The molecule has 1 unspecified atom stereocenters. The zero-order chi connectivity index (χ0) is 29.3. The Morgan fingerprint density at radius 2 is 1.57 bits per heavy atom. The number of hydrogen-bond acceptors (Lipinski definition) is 8. The summed E-state index contributed by atoms with van der Waals surface area (Å²) in [6.45, 7) is 7.61. The van der Waals surface area contributed by atoms with Crippen molar-refractivity contribution in [3.05, 3.63) is 71.9 Å². The van der Waals surface area contributed by atoms with Crippen LogP contribution in [0.4, 0.5) is 0 Å². The molecule has 1 fully saturated rings. The van der Waals surface area contributed by atoms with Gasteiger partial charge in [0.1, 0.15) is 24.3 Å². The van der Waals surface area contributed by atoms with Gasteiger partial charge in [0.2, 0.25) is 11.0 Å². The van der Waals surface area contributed by atoms with Gasteiger partial charge in [-0.15, -0.1) is 11.6 Å². The van der Waals surface area contributed by atoms with Crippen molar-refractivity contribution in [2.75, 3.05) is 25.6 Å². The average molecular weight is 622 g/mol. The Morgan fingerprint density at radius 3 is 2.08 bits per heavy atom. The molecule has 12 heteroatoms. The first-order valence-corrected chi connectivity index (χ1v) is 17.2. The highest BCUT2D eigenvalue weighted by Crippen LogP contribution is 2.40. The number of hydrogen-bond donors (Lipinski definition) is 0. The summed E-state index contributed by atoms with van der Waals surface area (Å²) in [7, 11) is -6.61. The van der Waals surface area contributed by atoms with Crippen molar-refractivity contribution in [1.29, 1.82) is 0 Å². The van der Waals surface area contributed by atoms with E-state index in [2.05, 4.69) is 45.0 Å². The number of benzene rings is 2. The number of carbonyl (C=O) groups excluding carboxylic acids is 2. The fraction of sp³-hybridized carbons (Fsp3) is 0.393. The number of halogens is 1. The number of fused-ring (bicyclic) bond motifs is 1. The van der Waals surface area contributed by atoms with Crippen LogP contribution in [0.1, 0.15) is 27.7 Å². The van der Waals surface area contributed by atoms with E-state index in [1.54, 1.807) is 0 Å². The lowest BCUT2D eigenvalue weighted by Gasteiger charge is -2.47. The van der Waals surface area contributed by atoms with Crippen LogP contribution < -0.4 is 10.4 Å². The maximum Gasteiger partial charge on any atom is 0.302 e. The van der Waals surface area contributed by atoms with E-state index in [1.165, 1.54) is 6.92 Å². The molecule has 0 aliphatic carbocycles. The first-order valence-electron chi connectivity index (χ1n) is 12.8. The molecule has 0 radical (unpaired) electrons. The Morgan fingerprint density at radius 1 is 1.02 bits per heavy atom. The van der Waals surface area contributed by atoms with Crippen LogP contribution in [0.5, 0.6) is 0 Å². The van der Waals surface area contributed by atoms with Crippen molar-refractivity contribution in [3.63, 3.8) is 0 Å². The van der Waals surface area contributed by atoms with E-state index in [0.29, 0.717) is 0 Å². The normalized spacial score (nSPS) is 20.4. The second-order valence-electron chi connectivity index (χ2n) is 10.7. The third-order valence-corrected chi connectivity index (χ3v) is 14.9. The second-order valence-corrected chi connectivity index (χ2v) is 17.9.